The number of carbonyl (C=O) groups is 4. The van der Waals surface area contributed by atoms with E-state index in [1.165, 1.54) is 18.2 Å². The molecule has 46 heavy (non-hydrogen) atoms. The average Bonchev–Trinajstić information content (AvgIpc) is 2.98. The van der Waals surface area contributed by atoms with Crippen LogP contribution < -0.4 is 16.4 Å². The number of aliphatic carboxylic acids is 3. The van der Waals surface area contributed by atoms with Crippen LogP contribution in [-0.4, -0.2) is 141 Å². The molecule has 20 nitrogen and oxygen atoms in total. The van der Waals surface area contributed by atoms with Crippen molar-refractivity contribution in [3.8, 4) is 5.75 Å². The predicted molar refractivity (Wildman–Crippen MR) is 147 cm³/mol. The van der Waals surface area contributed by atoms with Gasteiger partial charge >= 0.3 is 24.0 Å². The van der Waals surface area contributed by atoms with Crippen molar-refractivity contribution in [1.82, 2.24) is 4.90 Å². The average molecular weight is 666 g/mol. The van der Waals surface area contributed by atoms with E-state index in [1.54, 1.807) is 0 Å². The molecule has 1 aromatic rings. The number of hydrogen-bond donors (Lipinski definition) is 9. The SMILES string of the molecule is NOCCOCCOCCN(C(CC(=O)O)CC(=O)O)C(O)c1cc(COC(N)=O)ccc1O[C@@H]1O[C@H](C(=O)O)[C@@H](O)[C@H](O)[C@H]1O. The van der Waals surface area contributed by atoms with Crippen LogP contribution in [0.5, 0.6) is 5.75 Å². The smallest absolute Gasteiger partial charge is 0.404 e. The molecule has 0 aliphatic carbocycles. The zero-order valence-corrected chi connectivity index (χ0v) is 24.5. The highest BCUT2D eigenvalue weighted by Crippen LogP contribution is 2.34. The number of nitrogens with two attached hydrogens (primary N) is 2. The standard InChI is InChI=1S/C26H39N3O17/c27-26(40)43-12-13-1-2-16(45-25-21(36)19(34)20(35)22(46-25)24(38)39)15(9-13)23(37)29(14(10-17(30)31)11-18(32)33)3-4-41-5-6-42-7-8-44-28/h1-2,9,14,19-23,25,34-37H,3-8,10-12,28H2,(H2,27,40)(H,30,31)(H,32,33)(H,38,39)/t19-,20-,21+,22-,23?,25+/m0/s1. The molecule has 11 N–H and O–H groups in total. The molecule has 20 heteroatoms. The van der Waals surface area contributed by atoms with E-state index in [0.29, 0.717) is 0 Å². The van der Waals surface area contributed by atoms with Crippen LogP contribution in [0.25, 0.3) is 0 Å². The minimum atomic E-state index is -2.02. The van der Waals surface area contributed by atoms with Gasteiger partial charge < -0.3 is 70.0 Å². The molecule has 2 rings (SSSR count). The molecule has 0 spiro atoms. The second kappa shape index (κ2) is 19.1. The summed E-state index contributed by atoms with van der Waals surface area (Å²) in [7, 11) is 0. The molecule has 1 saturated heterocycles. The summed E-state index contributed by atoms with van der Waals surface area (Å²) in [5, 5.41) is 70.7. The van der Waals surface area contributed by atoms with Gasteiger partial charge in [0.2, 0.25) is 6.29 Å². The Hall–Kier alpha value is -3.70. The van der Waals surface area contributed by atoms with Crippen molar-refractivity contribution in [3.05, 3.63) is 29.3 Å². The Morgan fingerprint density at radius 2 is 1.50 bits per heavy atom. The molecule has 6 atom stereocenters. The normalized spacial score (nSPS) is 22.0. The Bertz CT molecular complexity index is 1140. The molecule has 1 unspecified atom stereocenters. The summed E-state index contributed by atoms with van der Waals surface area (Å²) >= 11 is 0. The van der Waals surface area contributed by atoms with Crippen molar-refractivity contribution in [2.75, 3.05) is 39.6 Å². The van der Waals surface area contributed by atoms with Gasteiger partial charge in [-0.3, -0.25) is 14.5 Å². The van der Waals surface area contributed by atoms with E-state index in [2.05, 4.69) is 4.84 Å². The predicted octanol–water partition coefficient (Wildman–Crippen LogP) is -2.91. The Labute approximate surface area is 261 Å². The quantitative estimate of drug-likeness (QED) is 0.0361. The molecule has 1 fully saturated rings. The van der Waals surface area contributed by atoms with Gasteiger partial charge in [-0.25, -0.2) is 15.5 Å². The number of primary amides is 1. The van der Waals surface area contributed by atoms with E-state index in [-0.39, 0.29) is 56.5 Å². The third kappa shape index (κ3) is 11.9. The highest BCUT2D eigenvalue weighted by molar-refractivity contribution is 5.73. The van der Waals surface area contributed by atoms with Gasteiger partial charge in [0.25, 0.3) is 0 Å². The molecular formula is C26H39N3O17. The highest BCUT2D eigenvalue weighted by atomic mass is 16.7. The lowest BCUT2D eigenvalue weighted by atomic mass is 9.99. The van der Waals surface area contributed by atoms with Gasteiger partial charge in [0.1, 0.15) is 36.9 Å². The van der Waals surface area contributed by atoms with Crippen LogP contribution in [0.2, 0.25) is 0 Å². The second-order valence-corrected chi connectivity index (χ2v) is 9.89. The molecule has 0 saturated carbocycles. The number of nitrogens with zero attached hydrogens (tertiary/aromatic N) is 1. The van der Waals surface area contributed by atoms with E-state index in [0.717, 1.165) is 4.90 Å². The van der Waals surface area contributed by atoms with Gasteiger partial charge in [0.05, 0.1) is 45.9 Å². The summed E-state index contributed by atoms with van der Waals surface area (Å²) in [6.45, 7) is -0.296. The van der Waals surface area contributed by atoms with E-state index in [9.17, 15) is 54.9 Å². The maximum atomic E-state index is 11.7. The first kappa shape index (κ1) is 38.5. The Balaban J connectivity index is 2.46. The summed E-state index contributed by atoms with van der Waals surface area (Å²) in [5.74, 6) is 0.158. The molecule has 1 aliphatic heterocycles. The Morgan fingerprint density at radius 1 is 0.891 bits per heavy atom. The lowest BCUT2D eigenvalue weighted by molar-refractivity contribution is -0.271. The van der Waals surface area contributed by atoms with Crippen molar-refractivity contribution in [2.45, 2.75) is 62.4 Å². The van der Waals surface area contributed by atoms with Crippen LogP contribution in [0, 0.1) is 0 Å². The molecule has 0 aromatic heterocycles. The van der Waals surface area contributed by atoms with Crippen molar-refractivity contribution in [3.63, 3.8) is 0 Å². The maximum Gasteiger partial charge on any atom is 0.404 e. The summed E-state index contributed by atoms with van der Waals surface area (Å²) in [5.41, 5.74) is 5.04. The van der Waals surface area contributed by atoms with Crippen LogP contribution in [0.4, 0.5) is 4.79 Å². The second-order valence-electron chi connectivity index (χ2n) is 9.89. The number of ether oxygens (including phenoxy) is 5. The van der Waals surface area contributed by atoms with Gasteiger partial charge in [0, 0.05) is 18.2 Å². The van der Waals surface area contributed by atoms with Crippen molar-refractivity contribution >= 4 is 24.0 Å². The highest BCUT2D eigenvalue weighted by Gasteiger charge is 2.48. The summed E-state index contributed by atoms with van der Waals surface area (Å²) in [6, 6.07) is 2.44. The molecule has 260 valence electrons. The molecule has 1 aliphatic rings. The van der Waals surface area contributed by atoms with Gasteiger partial charge in [-0.2, -0.15) is 0 Å². The number of aliphatic hydroxyl groups excluding tert-OH is 4. The van der Waals surface area contributed by atoms with Crippen LogP contribution in [0.3, 0.4) is 0 Å². The monoisotopic (exact) mass is 665 g/mol. The van der Waals surface area contributed by atoms with Crippen LogP contribution in [-0.2, 0) is 44.8 Å². The van der Waals surface area contributed by atoms with Gasteiger partial charge in [-0.15, -0.1) is 0 Å². The van der Waals surface area contributed by atoms with E-state index >= 15 is 0 Å². The van der Waals surface area contributed by atoms with Crippen molar-refractivity contribution < 1.29 is 83.4 Å². The van der Waals surface area contributed by atoms with Crippen LogP contribution in [0.15, 0.2) is 18.2 Å². The molecular weight excluding hydrogens is 626 g/mol. The molecule has 1 aromatic carbocycles. The van der Waals surface area contributed by atoms with Crippen molar-refractivity contribution in [2.24, 2.45) is 11.6 Å². The third-order valence-electron chi connectivity index (χ3n) is 6.60. The zero-order valence-electron chi connectivity index (χ0n) is 24.5. The fourth-order valence-electron chi connectivity index (χ4n) is 4.42. The van der Waals surface area contributed by atoms with E-state index < -0.39 is 86.4 Å². The number of amides is 1. The molecule has 0 bridgehead atoms. The fourth-order valence-corrected chi connectivity index (χ4v) is 4.42. The zero-order chi connectivity index (χ0) is 34.4. The lowest BCUT2D eigenvalue weighted by Gasteiger charge is -2.39. The minimum Gasteiger partial charge on any atom is -0.481 e. The molecule has 1 heterocycles. The first-order valence-corrected chi connectivity index (χ1v) is 13.8. The number of carbonyl (C=O) groups excluding carboxylic acids is 1. The Morgan fingerprint density at radius 3 is 2.07 bits per heavy atom. The van der Waals surface area contributed by atoms with E-state index in [1.807, 2.05) is 0 Å². The third-order valence-corrected chi connectivity index (χ3v) is 6.60. The summed E-state index contributed by atoms with van der Waals surface area (Å²) in [6.07, 6.45) is -14.4. The lowest BCUT2D eigenvalue weighted by Crippen LogP contribution is -2.61. The number of carboxylic acid groups (broad SMARTS) is 3. The maximum absolute atomic E-state index is 11.7. The van der Waals surface area contributed by atoms with Crippen LogP contribution in [0.1, 0.15) is 30.2 Å². The summed E-state index contributed by atoms with van der Waals surface area (Å²) < 4.78 is 26.3. The fraction of sp³-hybridized carbons (Fsp3) is 0.615. The first-order valence-electron chi connectivity index (χ1n) is 13.8. The largest absolute Gasteiger partial charge is 0.481 e. The van der Waals surface area contributed by atoms with Gasteiger partial charge in [-0.05, 0) is 17.7 Å². The minimum absolute atomic E-state index is 0.0567. The number of hydrogen-bond acceptors (Lipinski definition) is 16. The summed E-state index contributed by atoms with van der Waals surface area (Å²) in [4.78, 5) is 51.6. The van der Waals surface area contributed by atoms with Gasteiger partial charge in [-0.1, -0.05) is 6.07 Å². The number of rotatable bonds is 21. The first-order chi connectivity index (χ1) is 21.8. The number of aliphatic hydroxyl groups is 4. The topological polar surface area (TPSA) is 321 Å². The molecule has 0 radical (unpaired) electrons. The van der Waals surface area contributed by atoms with Crippen molar-refractivity contribution in [1.29, 1.82) is 0 Å². The Kier molecular flexibility index (Phi) is 16.0. The number of benzene rings is 1. The van der Waals surface area contributed by atoms with E-state index in [4.69, 9.17) is 35.3 Å². The van der Waals surface area contributed by atoms with Crippen LogP contribution >= 0.6 is 0 Å². The molecule has 1 amide bonds. The van der Waals surface area contributed by atoms with Gasteiger partial charge in [0.15, 0.2) is 6.10 Å². The number of carboxylic acids is 3.